The Morgan fingerprint density at radius 3 is 2.52 bits per heavy atom. The fourth-order valence-corrected chi connectivity index (χ4v) is 6.60. The largest absolute Gasteiger partial charge is 0.443 e. The first-order valence-electron chi connectivity index (χ1n) is 11.1. The van der Waals surface area contributed by atoms with Crippen LogP contribution in [0.25, 0.3) is 0 Å². The molecule has 0 aromatic heterocycles. The fraction of sp³-hybridized carbons (Fsp3) is 0.864. The highest BCUT2D eigenvalue weighted by Gasteiger charge is 2.59. The number of hydrogen-bond donors (Lipinski definition) is 2. The van der Waals surface area contributed by atoms with Gasteiger partial charge in [0, 0.05) is 24.0 Å². The Kier molecular flexibility index (Phi) is 5.05. The molecule has 5 aliphatic rings. The standard InChI is InChI=1S/C22H34N4O3/c1-20(2,3)25-19(28)29-22-10-15-7-16(11-22)9-21(8-15,14-22)24-13-18(27)26-6-4-5-17(26)12-23/h15-17,24H,4-11,13-14H2,1-3H3,(H,25,28)/t15-,16+,17-,21?,22?/m0/s1. The number of likely N-dealkylation sites (tertiary alicyclic amines) is 1. The van der Waals surface area contributed by atoms with Gasteiger partial charge in [0.05, 0.1) is 12.6 Å². The molecule has 7 nitrogen and oxygen atoms in total. The first kappa shape index (κ1) is 20.5. The number of carbonyl (C=O) groups excluding carboxylic acids is 2. The van der Waals surface area contributed by atoms with E-state index in [9.17, 15) is 14.9 Å². The lowest BCUT2D eigenvalue weighted by Gasteiger charge is -2.61. The quantitative estimate of drug-likeness (QED) is 0.754. The van der Waals surface area contributed by atoms with Gasteiger partial charge in [0.2, 0.25) is 5.91 Å². The summed E-state index contributed by atoms with van der Waals surface area (Å²) >= 11 is 0. The normalized spacial score (nSPS) is 38.0. The Morgan fingerprint density at radius 1 is 1.21 bits per heavy atom. The van der Waals surface area contributed by atoms with Crippen LogP contribution in [0.4, 0.5) is 4.79 Å². The van der Waals surface area contributed by atoms with E-state index in [1.807, 2.05) is 20.8 Å². The van der Waals surface area contributed by atoms with Crippen LogP contribution in [0.1, 0.15) is 72.1 Å². The van der Waals surface area contributed by atoms with Crippen molar-refractivity contribution in [2.45, 2.75) is 94.9 Å². The minimum atomic E-state index is -0.418. The van der Waals surface area contributed by atoms with Crippen molar-refractivity contribution in [2.24, 2.45) is 11.8 Å². The fourth-order valence-electron chi connectivity index (χ4n) is 6.60. The van der Waals surface area contributed by atoms with Crippen molar-refractivity contribution in [1.29, 1.82) is 5.26 Å². The van der Waals surface area contributed by atoms with Crippen LogP contribution in [0.2, 0.25) is 0 Å². The number of amides is 2. The van der Waals surface area contributed by atoms with Crippen molar-refractivity contribution in [3.05, 3.63) is 0 Å². The highest BCUT2D eigenvalue weighted by molar-refractivity contribution is 5.79. The molecule has 0 aromatic carbocycles. The van der Waals surface area contributed by atoms with Gasteiger partial charge < -0.3 is 20.3 Å². The van der Waals surface area contributed by atoms with Crippen molar-refractivity contribution >= 4 is 12.0 Å². The third kappa shape index (κ3) is 4.23. The molecule has 0 spiro atoms. The lowest BCUT2D eigenvalue weighted by molar-refractivity contribution is -0.148. The monoisotopic (exact) mass is 402 g/mol. The van der Waals surface area contributed by atoms with Crippen molar-refractivity contribution in [3.63, 3.8) is 0 Å². The molecule has 7 heteroatoms. The Balaban J connectivity index is 1.42. The molecule has 1 saturated heterocycles. The molecule has 1 aliphatic heterocycles. The first-order valence-corrected chi connectivity index (χ1v) is 11.1. The van der Waals surface area contributed by atoms with Gasteiger partial charge in [-0.15, -0.1) is 0 Å². The summed E-state index contributed by atoms with van der Waals surface area (Å²) in [7, 11) is 0. The summed E-state index contributed by atoms with van der Waals surface area (Å²) in [6, 6.07) is 1.97. The summed E-state index contributed by atoms with van der Waals surface area (Å²) in [5.41, 5.74) is -0.878. The summed E-state index contributed by atoms with van der Waals surface area (Å²) in [6.07, 6.45) is 7.28. The van der Waals surface area contributed by atoms with E-state index in [1.165, 1.54) is 6.42 Å². The number of nitrogens with one attached hydrogen (secondary N) is 2. The second-order valence-electron chi connectivity index (χ2n) is 10.9. The van der Waals surface area contributed by atoms with Crippen LogP contribution in [-0.4, -0.2) is 52.7 Å². The average Bonchev–Trinajstić information content (AvgIpc) is 3.05. The van der Waals surface area contributed by atoms with Crippen molar-refractivity contribution < 1.29 is 14.3 Å². The minimum Gasteiger partial charge on any atom is -0.443 e. The number of hydrogen-bond acceptors (Lipinski definition) is 5. The van der Waals surface area contributed by atoms with E-state index >= 15 is 0 Å². The predicted octanol–water partition coefficient (Wildman–Crippen LogP) is 2.71. The SMILES string of the molecule is CC(C)(C)NC(=O)OC12C[C@@H]3C[C@@H](CC(NCC(=O)N4CCC[C@H]4C#N)(C3)C1)C2. The molecule has 5 fully saturated rings. The Labute approximate surface area is 173 Å². The van der Waals surface area contributed by atoms with Crippen LogP contribution in [0.15, 0.2) is 0 Å². The molecule has 2 N–H and O–H groups in total. The smallest absolute Gasteiger partial charge is 0.408 e. The van der Waals surface area contributed by atoms with Gasteiger partial charge in [0.1, 0.15) is 11.6 Å². The van der Waals surface area contributed by atoms with E-state index in [0.29, 0.717) is 18.4 Å². The Bertz CT molecular complexity index is 709. The van der Waals surface area contributed by atoms with Crippen LogP contribution in [0.3, 0.4) is 0 Å². The maximum Gasteiger partial charge on any atom is 0.408 e. The summed E-state index contributed by atoms with van der Waals surface area (Å²) < 4.78 is 6.06. The van der Waals surface area contributed by atoms with Gasteiger partial charge in [0.25, 0.3) is 0 Å². The average molecular weight is 403 g/mol. The van der Waals surface area contributed by atoms with E-state index in [4.69, 9.17) is 4.74 Å². The van der Waals surface area contributed by atoms with Gasteiger partial charge in [-0.3, -0.25) is 4.79 Å². The van der Waals surface area contributed by atoms with Gasteiger partial charge in [-0.1, -0.05) is 0 Å². The van der Waals surface area contributed by atoms with E-state index in [2.05, 4.69) is 16.7 Å². The summed E-state index contributed by atoms with van der Waals surface area (Å²) in [5.74, 6) is 1.10. The Hall–Kier alpha value is -1.81. The van der Waals surface area contributed by atoms with Crippen LogP contribution in [-0.2, 0) is 9.53 Å². The molecular formula is C22H34N4O3. The second kappa shape index (κ2) is 7.16. The summed E-state index contributed by atoms with van der Waals surface area (Å²) in [4.78, 5) is 27.0. The van der Waals surface area contributed by atoms with Crippen LogP contribution in [0.5, 0.6) is 0 Å². The molecule has 2 amide bonds. The van der Waals surface area contributed by atoms with Gasteiger partial charge in [-0.05, 0) is 77.6 Å². The lowest BCUT2D eigenvalue weighted by atomic mass is 9.51. The van der Waals surface area contributed by atoms with E-state index < -0.39 is 5.60 Å². The lowest BCUT2D eigenvalue weighted by Crippen LogP contribution is -2.66. The molecular weight excluding hydrogens is 368 g/mol. The molecule has 0 radical (unpaired) electrons. The van der Waals surface area contributed by atoms with Crippen LogP contribution >= 0.6 is 0 Å². The number of carbonyl (C=O) groups is 2. The number of ether oxygens (including phenoxy) is 1. The molecule has 5 rings (SSSR count). The Morgan fingerprint density at radius 2 is 1.90 bits per heavy atom. The third-order valence-electron chi connectivity index (χ3n) is 7.13. The maximum absolute atomic E-state index is 12.7. The highest BCUT2D eigenvalue weighted by Crippen LogP contribution is 2.58. The molecule has 4 bridgehead atoms. The molecule has 4 saturated carbocycles. The zero-order chi connectivity index (χ0) is 20.9. The van der Waals surface area contributed by atoms with Crippen LogP contribution < -0.4 is 10.6 Å². The molecule has 5 atom stereocenters. The van der Waals surface area contributed by atoms with Gasteiger partial charge in [-0.25, -0.2) is 4.79 Å². The van der Waals surface area contributed by atoms with Crippen molar-refractivity contribution in [1.82, 2.24) is 15.5 Å². The predicted molar refractivity (Wildman–Crippen MR) is 108 cm³/mol. The van der Waals surface area contributed by atoms with Crippen molar-refractivity contribution in [2.75, 3.05) is 13.1 Å². The number of nitrogens with zero attached hydrogens (tertiary/aromatic N) is 2. The maximum atomic E-state index is 12.7. The number of nitriles is 1. The first-order chi connectivity index (χ1) is 13.6. The van der Waals surface area contributed by atoms with E-state index in [-0.39, 0.29) is 35.7 Å². The zero-order valence-corrected chi connectivity index (χ0v) is 17.9. The third-order valence-corrected chi connectivity index (χ3v) is 7.13. The van der Waals surface area contributed by atoms with Crippen molar-refractivity contribution in [3.8, 4) is 6.07 Å². The molecule has 0 aromatic rings. The van der Waals surface area contributed by atoms with Crippen LogP contribution in [0, 0.1) is 23.2 Å². The summed E-state index contributed by atoms with van der Waals surface area (Å²) in [5, 5.41) is 15.8. The number of alkyl carbamates (subject to hydrolysis) is 1. The molecule has 1 heterocycles. The van der Waals surface area contributed by atoms with Gasteiger partial charge >= 0.3 is 6.09 Å². The number of rotatable bonds is 4. The molecule has 4 aliphatic carbocycles. The highest BCUT2D eigenvalue weighted by atomic mass is 16.6. The van der Waals surface area contributed by atoms with Gasteiger partial charge in [-0.2, -0.15) is 5.26 Å². The second-order valence-corrected chi connectivity index (χ2v) is 10.9. The molecule has 2 unspecified atom stereocenters. The topological polar surface area (TPSA) is 94.5 Å². The van der Waals surface area contributed by atoms with Gasteiger partial charge in [0.15, 0.2) is 0 Å². The molecule has 160 valence electrons. The minimum absolute atomic E-state index is 0.0187. The molecule has 29 heavy (non-hydrogen) atoms. The zero-order valence-electron chi connectivity index (χ0n) is 17.9. The van der Waals surface area contributed by atoms with E-state index in [1.54, 1.807) is 4.90 Å². The summed E-state index contributed by atoms with van der Waals surface area (Å²) in [6.45, 7) is 6.80. The van der Waals surface area contributed by atoms with E-state index in [0.717, 1.165) is 44.9 Å².